The summed E-state index contributed by atoms with van der Waals surface area (Å²) in [6.45, 7) is 0.944. The van der Waals surface area contributed by atoms with Gasteiger partial charge in [-0.2, -0.15) is 0 Å². The molecule has 1 aromatic carbocycles. The lowest BCUT2D eigenvalue weighted by Crippen LogP contribution is -2.36. The van der Waals surface area contributed by atoms with Crippen molar-refractivity contribution in [3.63, 3.8) is 0 Å². The Bertz CT molecular complexity index is 314. The Morgan fingerprint density at radius 3 is 2.47 bits per heavy atom. The third-order valence-electron chi connectivity index (χ3n) is 1.75. The second-order valence-corrected chi connectivity index (χ2v) is 3.74. The summed E-state index contributed by atoms with van der Waals surface area (Å²) in [5, 5.41) is 5.99. The van der Waals surface area contributed by atoms with Crippen molar-refractivity contribution < 1.29 is 4.79 Å². The normalized spacial score (nSPS) is 9.73. The molecule has 5 heteroatoms. The van der Waals surface area contributed by atoms with Crippen molar-refractivity contribution in [2.75, 3.05) is 12.4 Å². The highest BCUT2D eigenvalue weighted by Gasteiger charge is 1.98. The molecule has 0 aliphatic heterocycles. The average molecular weight is 247 g/mol. The van der Waals surface area contributed by atoms with Crippen LogP contribution in [0.25, 0.3) is 0 Å². The number of halogens is 2. The van der Waals surface area contributed by atoms with Crippen LogP contribution in [0, 0.1) is 0 Å². The molecule has 2 N–H and O–H groups in total. The van der Waals surface area contributed by atoms with Gasteiger partial charge in [-0.3, -0.25) is 0 Å². The SMILES string of the molecule is O=C(NCCCl)NCc1ccc(Cl)cc1. The van der Waals surface area contributed by atoms with Crippen molar-refractivity contribution in [3.8, 4) is 0 Å². The first-order chi connectivity index (χ1) is 7.22. The quantitative estimate of drug-likeness (QED) is 0.788. The van der Waals surface area contributed by atoms with E-state index in [1.54, 1.807) is 12.1 Å². The van der Waals surface area contributed by atoms with Gasteiger partial charge in [-0.05, 0) is 17.7 Å². The number of alkyl halides is 1. The fourth-order valence-electron chi connectivity index (χ4n) is 1.01. The van der Waals surface area contributed by atoms with Gasteiger partial charge < -0.3 is 10.6 Å². The summed E-state index contributed by atoms with van der Waals surface area (Å²) in [7, 11) is 0. The third kappa shape index (κ3) is 4.91. The van der Waals surface area contributed by atoms with Crippen LogP contribution in [0.5, 0.6) is 0 Å². The smallest absolute Gasteiger partial charge is 0.315 e. The molecule has 2 amide bonds. The maximum atomic E-state index is 11.1. The molecule has 0 unspecified atom stereocenters. The van der Waals surface area contributed by atoms with Gasteiger partial charge in [-0.25, -0.2) is 4.79 Å². The molecule has 0 saturated carbocycles. The standard InChI is InChI=1S/C10H12Cl2N2O/c11-5-6-13-10(15)14-7-8-1-3-9(12)4-2-8/h1-4H,5-7H2,(H2,13,14,15). The second kappa shape index (κ2) is 6.53. The van der Waals surface area contributed by atoms with Crippen LogP contribution in [0.3, 0.4) is 0 Å². The van der Waals surface area contributed by atoms with Gasteiger partial charge in [0.25, 0.3) is 0 Å². The van der Waals surface area contributed by atoms with Crippen LogP contribution < -0.4 is 10.6 Å². The molecular formula is C10H12Cl2N2O. The lowest BCUT2D eigenvalue weighted by Gasteiger charge is -2.06. The van der Waals surface area contributed by atoms with E-state index in [-0.39, 0.29) is 6.03 Å². The van der Waals surface area contributed by atoms with Crippen molar-refractivity contribution >= 4 is 29.2 Å². The molecular weight excluding hydrogens is 235 g/mol. The number of urea groups is 1. The summed E-state index contributed by atoms with van der Waals surface area (Å²) >= 11 is 11.2. The number of carbonyl (C=O) groups is 1. The van der Waals surface area contributed by atoms with Gasteiger partial charge in [-0.15, -0.1) is 11.6 Å². The number of benzene rings is 1. The van der Waals surface area contributed by atoms with E-state index in [1.165, 1.54) is 0 Å². The van der Waals surface area contributed by atoms with E-state index in [9.17, 15) is 4.79 Å². The number of amides is 2. The lowest BCUT2D eigenvalue weighted by molar-refractivity contribution is 0.241. The molecule has 0 bridgehead atoms. The van der Waals surface area contributed by atoms with Crippen molar-refractivity contribution in [2.45, 2.75) is 6.54 Å². The molecule has 0 aliphatic carbocycles. The summed E-state index contributed by atoms with van der Waals surface area (Å²) in [4.78, 5) is 11.1. The van der Waals surface area contributed by atoms with Crippen LogP contribution in [0.2, 0.25) is 5.02 Å². The predicted molar refractivity (Wildman–Crippen MR) is 62.4 cm³/mol. The summed E-state index contributed by atoms with van der Waals surface area (Å²) < 4.78 is 0. The van der Waals surface area contributed by atoms with Crippen LogP contribution >= 0.6 is 23.2 Å². The van der Waals surface area contributed by atoms with Crippen molar-refractivity contribution in [2.24, 2.45) is 0 Å². The van der Waals surface area contributed by atoms with Gasteiger partial charge in [0, 0.05) is 24.0 Å². The average Bonchev–Trinajstić information content (AvgIpc) is 2.25. The fraction of sp³-hybridized carbons (Fsp3) is 0.300. The van der Waals surface area contributed by atoms with Gasteiger partial charge >= 0.3 is 6.03 Å². The minimum Gasteiger partial charge on any atom is -0.337 e. The lowest BCUT2D eigenvalue weighted by atomic mass is 10.2. The minimum absolute atomic E-state index is 0.217. The minimum atomic E-state index is -0.217. The highest BCUT2D eigenvalue weighted by Crippen LogP contribution is 2.08. The van der Waals surface area contributed by atoms with Gasteiger partial charge in [0.2, 0.25) is 0 Å². The summed E-state index contributed by atoms with van der Waals surface area (Å²) in [6, 6.07) is 7.09. The van der Waals surface area contributed by atoms with Gasteiger partial charge in [-0.1, -0.05) is 23.7 Å². The molecule has 1 aromatic rings. The maximum Gasteiger partial charge on any atom is 0.315 e. The molecule has 82 valence electrons. The molecule has 0 radical (unpaired) electrons. The fourth-order valence-corrected chi connectivity index (χ4v) is 1.23. The highest BCUT2D eigenvalue weighted by molar-refractivity contribution is 6.30. The first-order valence-electron chi connectivity index (χ1n) is 4.54. The van der Waals surface area contributed by atoms with Crippen molar-refractivity contribution in [1.29, 1.82) is 0 Å². The molecule has 0 fully saturated rings. The summed E-state index contributed by atoms with van der Waals surface area (Å²) in [6.07, 6.45) is 0. The van der Waals surface area contributed by atoms with E-state index in [1.807, 2.05) is 12.1 Å². The zero-order chi connectivity index (χ0) is 11.1. The van der Waals surface area contributed by atoms with Crippen LogP contribution in [0.4, 0.5) is 4.79 Å². The van der Waals surface area contributed by atoms with Gasteiger partial charge in [0.05, 0.1) is 0 Å². The Balaban J connectivity index is 2.30. The molecule has 0 atom stereocenters. The summed E-state index contributed by atoms with van der Waals surface area (Å²) in [5.74, 6) is 0.411. The zero-order valence-electron chi connectivity index (χ0n) is 8.09. The Morgan fingerprint density at radius 2 is 1.87 bits per heavy atom. The number of hydrogen-bond acceptors (Lipinski definition) is 1. The molecule has 0 spiro atoms. The second-order valence-electron chi connectivity index (χ2n) is 2.92. The van der Waals surface area contributed by atoms with E-state index in [4.69, 9.17) is 23.2 Å². The maximum absolute atomic E-state index is 11.1. The monoisotopic (exact) mass is 246 g/mol. The molecule has 0 heterocycles. The van der Waals surface area contributed by atoms with Crippen LogP contribution in [0.1, 0.15) is 5.56 Å². The number of nitrogens with one attached hydrogen (secondary N) is 2. The van der Waals surface area contributed by atoms with Crippen LogP contribution in [-0.4, -0.2) is 18.5 Å². The number of carbonyl (C=O) groups excluding carboxylic acids is 1. The number of rotatable bonds is 4. The molecule has 0 aliphatic rings. The van der Waals surface area contributed by atoms with Crippen LogP contribution in [0.15, 0.2) is 24.3 Å². The van der Waals surface area contributed by atoms with E-state index >= 15 is 0 Å². The molecule has 1 rings (SSSR count). The Hall–Kier alpha value is -0.930. The first-order valence-corrected chi connectivity index (χ1v) is 5.45. The molecule has 0 saturated heterocycles. The highest BCUT2D eigenvalue weighted by atomic mass is 35.5. The van der Waals surface area contributed by atoms with Crippen molar-refractivity contribution in [3.05, 3.63) is 34.9 Å². The van der Waals surface area contributed by atoms with E-state index in [2.05, 4.69) is 10.6 Å². The molecule has 15 heavy (non-hydrogen) atoms. The third-order valence-corrected chi connectivity index (χ3v) is 2.19. The Morgan fingerprint density at radius 1 is 1.20 bits per heavy atom. The topological polar surface area (TPSA) is 41.1 Å². The molecule has 3 nitrogen and oxygen atoms in total. The summed E-state index contributed by atoms with van der Waals surface area (Å²) in [5.41, 5.74) is 1.00. The number of hydrogen-bond donors (Lipinski definition) is 2. The van der Waals surface area contributed by atoms with Crippen molar-refractivity contribution in [1.82, 2.24) is 10.6 Å². The Kier molecular flexibility index (Phi) is 5.29. The first kappa shape index (κ1) is 12.1. The van der Waals surface area contributed by atoms with E-state index in [0.29, 0.717) is 24.0 Å². The largest absolute Gasteiger partial charge is 0.337 e. The van der Waals surface area contributed by atoms with E-state index < -0.39 is 0 Å². The zero-order valence-corrected chi connectivity index (χ0v) is 9.61. The van der Waals surface area contributed by atoms with Crippen LogP contribution in [-0.2, 0) is 6.54 Å². The molecule has 0 aromatic heterocycles. The van der Waals surface area contributed by atoms with E-state index in [0.717, 1.165) is 5.56 Å². The van der Waals surface area contributed by atoms with Gasteiger partial charge in [0.1, 0.15) is 0 Å². The predicted octanol–water partition coefficient (Wildman–Crippen LogP) is 2.38. The Labute approximate surface area is 98.8 Å². The van der Waals surface area contributed by atoms with Gasteiger partial charge in [0.15, 0.2) is 0 Å².